The second kappa shape index (κ2) is 4.89. The average Bonchev–Trinajstić information content (AvgIpc) is 2.27. The molecule has 0 spiro atoms. The first-order valence-electron chi connectivity index (χ1n) is 4.77. The molecule has 0 saturated heterocycles. The number of ether oxygens (including phenoxy) is 2. The molecular weight excluding hydrogens is 176 g/mol. The van der Waals surface area contributed by atoms with Crippen LogP contribution in [-0.4, -0.2) is 14.2 Å². The molecule has 1 aromatic rings. The van der Waals surface area contributed by atoms with Gasteiger partial charge >= 0.3 is 0 Å². The lowest BCUT2D eigenvalue weighted by Gasteiger charge is -2.12. The van der Waals surface area contributed by atoms with Gasteiger partial charge in [0.25, 0.3) is 0 Å². The molecule has 77 valence electrons. The van der Waals surface area contributed by atoms with E-state index in [4.69, 9.17) is 9.47 Å². The molecule has 0 unspecified atom stereocenters. The lowest BCUT2D eigenvalue weighted by atomic mass is 9.98. The second-order valence-electron chi connectivity index (χ2n) is 3.24. The molecule has 2 heteroatoms. The Morgan fingerprint density at radius 2 is 1.57 bits per heavy atom. The Balaban J connectivity index is 3.04. The van der Waals surface area contributed by atoms with Gasteiger partial charge in [0.1, 0.15) is 11.5 Å². The van der Waals surface area contributed by atoms with Crippen LogP contribution < -0.4 is 9.47 Å². The minimum absolute atomic E-state index is 0.840. The monoisotopic (exact) mass is 193 g/mol. The summed E-state index contributed by atoms with van der Waals surface area (Å²) in [6.07, 6.45) is 1.04. The molecule has 0 aliphatic rings. The fourth-order valence-electron chi connectivity index (χ4n) is 1.26. The Kier molecular flexibility index (Phi) is 3.81. The van der Waals surface area contributed by atoms with Crippen molar-refractivity contribution < 1.29 is 9.47 Å². The van der Waals surface area contributed by atoms with Gasteiger partial charge in [-0.15, -0.1) is 0 Å². The molecule has 0 heterocycles. The van der Waals surface area contributed by atoms with Crippen molar-refractivity contribution in [1.29, 1.82) is 0 Å². The van der Waals surface area contributed by atoms with Crippen LogP contribution in [-0.2, 0) is 0 Å². The third-order valence-electron chi connectivity index (χ3n) is 2.37. The summed E-state index contributed by atoms with van der Waals surface area (Å²) in [5, 5.41) is 0. The SMILES string of the molecule is CC[C](C)c1cc(OC)cc(OC)c1. The van der Waals surface area contributed by atoms with Crippen molar-refractivity contribution in [3.63, 3.8) is 0 Å². The highest BCUT2D eigenvalue weighted by molar-refractivity contribution is 5.43. The van der Waals surface area contributed by atoms with Crippen LogP contribution in [0.4, 0.5) is 0 Å². The van der Waals surface area contributed by atoms with Crippen LogP contribution >= 0.6 is 0 Å². The van der Waals surface area contributed by atoms with E-state index in [1.807, 2.05) is 18.2 Å². The zero-order valence-electron chi connectivity index (χ0n) is 9.26. The molecule has 2 nitrogen and oxygen atoms in total. The van der Waals surface area contributed by atoms with Crippen LogP contribution in [0.15, 0.2) is 18.2 Å². The van der Waals surface area contributed by atoms with Gasteiger partial charge in [0.05, 0.1) is 14.2 Å². The van der Waals surface area contributed by atoms with E-state index in [2.05, 4.69) is 13.8 Å². The van der Waals surface area contributed by atoms with Crippen molar-refractivity contribution >= 4 is 0 Å². The maximum Gasteiger partial charge on any atom is 0.122 e. The van der Waals surface area contributed by atoms with Gasteiger partial charge in [-0.2, -0.15) is 0 Å². The minimum atomic E-state index is 0.840. The van der Waals surface area contributed by atoms with Crippen LogP contribution in [0, 0.1) is 5.92 Å². The van der Waals surface area contributed by atoms with Crippen molar-refractivity contribution in [2.75, 3.05) is 14.2 Å². The molecule has 0 aliphatic heterocycles. The second-order valence-corrected chi connectivity index (χ2v) is 3.24. The molecule has 14 heavy (non-hydrogen) atoms. The van der Waals surface area contributed by atoms with Crippen LogP contribution in [0.5, 0.6) is 11.5 Å². The maximum absolute atomic E-state index is 5.20. The molecular formula is C12H17O2. The molecule has 0 aromatic heterocycles. The maximum atomic E-state index is 5.20. The van der Waals surface area contributed by atoms with Gasteiger partial charge in [0, 0.05) is 12.0 Å². The van der Waals surface area contributed by atoms with Gasteiger partial charge in [-0.25, -0.2) is 0 Å². The number of methoxy groups -OCH3 is 2. The predicted molar refractivity (Wildman–Crippen MR) is 57.9 cm³/mol. The molecule has 0 aliphatic carbocycles. The normalized spacial score (nSPS) is 10.4. The smallest absolute Gasteiger partial charge is 0.122 e. The van der Waals surface area contributed by atoms with Crippen LogP contribution in [0.3, 0.4) is 0 Å². The molecule has 0 fully saturated rings. The molecule has 0 bridgehead atoms. The Bertz CT molecular complexity index is 272. The van der Waals surface area contributed by atoms with E-state index >= 15 is 0 Å². The first kappa shape index (κ1) is 10.9. The highest BCUT2D eigenvalue weighted by atomic mass is 16.5. The summed E-state index contributed by atoms with van der Waals surface area (Å²) < 4.78 is 10.4. The quantitative estimate of drug-likeness (QED) is 0.731. The van der Waals surface area contributed by atoms with Gasteiger partial charge in [0.2, 0.25) is 0 Å². The Morgan fingerprint density at radius 1 is 1.07 bits per heavy atom. The number of rotatable bonds is 4. The van der Waals surface area contributed by atoms with Crippen molar-refractivity contribution in [1.82, 2.24) is 0 Å². The number of benzene rings is 1. The van der Waals surface area contributed by atoms with Crippen molar-refractivity contribution in [3.05, 3.63) is 29.7 Å². The molecule has 1 radical (unpaired) electrons. The van der Waals surface area contributed by atoms with E-state index in [9.17, 15) is 0 Å². The Hall–Kier alpha value is -1.18. The summed E-state index contributed by atoms with van der Waals surface area (Å²) in [6, 6.07) is 5.94. The fourth-order valence-corrected chi connectivity index (χ4v) is 1.26. The molecule has 0 atom stereocenters. The average molecular weight is 193 g/mol. The first-order valence-corrected chi connectivity index (χ1v) is 4.77. The van der Waals surface area contributed by atoms with Gasteiger partial charge in [-0.05, 0) is 24.1 Å². The summed E-state index contributed by atoms with van der Waals surface area (Å²) in [6.45, 7) is 4.26. The summed E-state index contributed by atoms with van der Waals surface area (Å²) in [5.74, 6) is 3.02. The van der Waals surface area contributed by atoms with E-state index < -0.39 is 0 Å². The van der Waals surface area contributed by atoms with Crippen LogP contribution in [0.25, 0.3) is 0 Å². The number of hydrogen-bond acceptors (Lipinski definition) is 2. The molecule has 1 rings (SSSR count). The number of hydrogen-bond donors (Lipinski definition) is 0. The first-order chi connectivity index (χ1) is 6.71. The largest absolute Gasteiger partial charge is 0.497 e. The highest BCUT2D eigenvalue weighted by Gasteiger charge is 2.07. The van der Waals surface area contributed by atoms with Crippen molar-refractivity contribution in [3.8, 4) is 11.5 Å². The minimum Gasteiger partial charge on any atom is -0.497 e. The molecule has 1 aromatic carbocycles. The van der Waals surface area contributed by atoms with Gasteiger partial charge in [-0.1, -0.05) is 13.8 Å². The summed E-state index contributed by atoms with van der Waals surface area (Å²) in [5.41, 5.74) is 1.18. The summed E-state index contributed by atoms with van der Waals surface area (Å²) in [4.78, 5) is 0. The van der Waals surface area contributed by atoms with E-state index in [0.717, 1.165) is 17.9 Å². The molecule has 0 N–H and O–H groups in total. The molecule has 0 saturated carbocycles. The third kappa shape index (κ3) is 2.41. The zero-order chi connectivity index (χ0) is 10.6. The van der Waals surface area contributed by atoms with E-state index in [1.165, 1.54) is 11.5 Å². The standard InChI is InChI=1S/C12H17O2/c1-5-9(2)10-6-11(13-3)8-12(7-10)14-4/h6-8H,5H2,1-4H3. The fraction of sp³-hybridized carbons (Fsp3) is 0.417. The van der Waals surface area contributed by atoms with Gasteiger partial charge in [0.15, 0.2) is 0 Å². The van der Waals surface area contributed by atoms with Crippen molar-refractivity contribution in [2.45, 2.75) is 20.3 Å². The summed E-state index contributed by atoms with van der Waals surface area (Å²) in [7, 11) is 3.33. The topological polar surface area (TPSA) is 18.5 Å². The van der Waals surface area contributed by atoms with E-state index in [1.54, 1.807) is 14.2 Å². The van der Waals surface area contributed by atoms with Gasteiger partial charge in [-0.3, -0.25) is 0 Å². The Labute approximate surface area is 85.8 Å². The lowest BCUT2D eigenvalue weighted by molar-refractivity contribution is 0.393. The zero-order valence-corrected chi connectivity index (χ0v) is 9.26. The van der Waals surface area contributed by atoms with Gasteiger partial charge < -0.3 is 9.47 Å². The summed E-state index contributed by atoms with van der Waals surface area (Å²) >= 11 is 0. The molecule has 0 amide bonds. The lowest BCUT2D eigenvalue weighted by Crippen LogP contribution is -1.95. The predicted octanol–water partition coefficient (Wildman–Crippen LogP) is 3.06. The van der Waals surface area contributed by atoms with E-state index in [-0.39, 0.29) is 0 Å². The van der Waals surface area contributed by atoms with Crippen LogP contribution in [0.1, 0.15) is 25.8 Å². The van der Waals surface area contributed by atoms with Crippen molar-refractivity contribution in [2.24, 2.45) is 0 Å². The third-order valence-corrected chi connectivity index (χ3v) is 2.37. The van der Waals surface area contributed by atoms with Crippen LogP contribution in [0.2, 0.25) is 0 Å². The highest BCUT2D eigenvalue weighted by Crippen LogP contribution is 2.27. The van der Waals surface area contributed by atoms with E-state index in [0.29, 0.717) is 0 Å². The Morgan fingerprint density at radius 3 is 1.93 bits per heavy atom.